The number of rotatable bonds is 5. The molecule has 2 heterocycles. The lowest BCUT2D eigenvalue weighted by Gasteiger charge is -2.23. The molecule has 4 heteroatoms. The van der Waals surface area contributed by atoms with Crippen molar-refractivity contribution in [3.8, 4) is 0 Å². The number of hydrogen-bond acceptors (Lipinski definition) is 3. The van der Waals surface area contributed by atoms with Crippen molar-refractivity contribution in [2.75, 3.05) is 7.05 Å². The fourth-order valence-electron chi connectivity index (χ4n) is 1.82. The second-order valence-electron chi connectivity index (χ2n) is 4.50. The first kappa shape index (κ1) is 13.1. The summed E-state index contributed by atoms with van der Waals surface area (Å²) in [7, 11) is 2.07. The van der Waals surface area contributed by atoms with Crippen LogP contribution < -0.4 is 0 Å². The molecular formula is C14H17ClN2O. The summed E-state index contributed by atoms with van der Waals surface area (Å²) in [6.07, 6.45) is 2.75. The van der Waals surface area contributed by atoms with Crippen LogP contribution in [0, 0.1) is 0 Å². The standard InChI is InChI=1S/C14H17ClN2O/c1-11(9-12-5-3-4-8-16-12)17(2)10-13-6-7-14(15)18-13/h3-8,11H,9-10H2,1-2H3/t11-/m0/s1. The average Bonchev–Trinajstić information content (AvgIpc) is 2.76. The molecule has 2 rings (SSSR count). The van der Waals surface area contributed by atoms with Crippen LogP contribution in [-0.2, 0) is 13.0 Å². The van der Waals surface area contributed by atoms with Crippen LogP contribution in [0.2, 0.25) is 5.22 Å². The minimum atomic E-state index is 0.392. The van der Waals surface area contributed by atoms with Crippen molar-refractivity contribution in [3.05, 3.63) is 53.2 Å². The highest BCUT2D eigenvalue weighted by Gasteiger charge is 2.12. The van der Waals surface area contributed by atoms with E-state index >= 15 is 0 Å². The van der Waals surface area contributed by atoms with Crippen molar-refractivity contribution >= 4 is 11.6 Å². The summed E-state index contributed by atoms with van der Waals surface area (Å²) in [5.74, 6) is 0.885. The molecule has 0 spiro atoms. The minimum absolute atomic E-state index is 0.392. The summed E-state index contributed by atoms with van der Waals surface area (Å²) in [5, 5.41) is 0.441. The second-order valence-corrected chi connectivity index (χ2v) is 4.87. The summed E-state index contributed by atoms with van der Waals surface area (Å²) >= 11 is 5.76. The first-order chi connectivity index (χ1) is 8.65. The summed E-state index contributed by atoms with van der Waals surface area (Å²) < 4.78 is 5.36. The fraction of sp³-hybridized carbons (Fsp3) is 0.357. The molecule has 2 aromatic heterocycles. The number of hydrogen-bond donors (Lipinski definition) is 0. The van der Waals surface area contributed by atoms with E-state index in [1.54, 1.807) is 6.07 Å². The van der Waals surface area contributed by atoms with Crippen LogP contribution >= 0.6 is 11.6 Å². The molecule has 18 heavy (non-hydrogen) atoms. The molecule has 0 radical (unpaired) electrons. The van der Waals surface area contributed by atoms with Crippen LogP contribution in [0.25, 0.3) is 0 Å². The lowest BCUT2D eigenvalue weighted by Crippen LogP contribution is -2.30. The van der Waals surface area contributed by atoms with Crippen LogP contribution in [0.15, 0.2) is 40.9 Å². The van der Waals surface area contributed by atoms with Gasteiger partial charge in [0.1, 0.15) is 5.76 Å². The summed E-state index contributed by atoms with van der Waals surface area (Å²) in [6.45, 7) is 2.93. The quantitative estimate of drug-likeness (QED) is 0.829. The van der Waals surface area contributed by atoms with Gasteiger partial charge in [0.05, 0.1) is 6.54 Å². The molecule has 0 unspecified atom stereocenters. The highest BCUT2D eigenvalue weighted by Crippen LogP contribution is 2.16. The third kappa shape index (κ3) is 3.59. The van der Waals surface area contributed by atoms with Crippen molar-refractivity contribution in [2.45, 2.75) is 25.9 Å². The first-order valence-corrected chi connectivity index (χ1v) is 6.37. The Bertz CT molecular complexity index is 484. The number of halogens is 1. The van der Waals surface area contributed by atoms with E-state index in [1.165, 1.54) is 0 Å². The number of furan rings is 1. The lowest BCUT2D eigenvalue weighted by atomic mass is 10.1. The molecular weight excluding hydrogens is 248 g/mol. The Morgan fingerprint density at radius 2 is 2.17 bits per heavy atom. The molecule has 0 saturated carbocycles. The molecule has 3 nitrogen and oxygen atoms in total. The zero-order valence-corrected chi connectivity index (χ0v) is 11.4. The van der Waals surface area contributed by atoms with E-state index in [0.29, 0.717) is 11.3 Å². The van der Waals surface area contributed by atoms with Gasteiger partial charge in [-0.15, -0.1) is 0 Å². The van der Waals surface area contributed by atoms with E-state index in [0.717, 1.165) is 24.4 Å². The van der Waals surface area contributed by atoms with Crippen molar-refractivity contribution < 1.29 is 4.42 Å². The zero-order chi connectivity index (χ0) is 13.0. The topological polar surface area (TPSA) is 29.3 Å². The molecule has 0 N–H and O–H groups in total. The molecule has 0 aliphatic rings. The monoisotopic (exact) mass is 264 g/mol. The molecule has 0 fully saturated rings. The maximum atomic E-state index is 5.76. The van der Waals surface area contributed by atoms with Crippen molar-refractivity contribution in [2.24, 2.45) is 0 Å². The van der Waals surface area contributed by atoms with Crippen LogP contribution in [0.1, 0.15) is 18.4 Å². The molecule has 96 valence electrons. The largest absolute Gasteiger partial charge is 0.448 e. The normalized spacial score (nSPS) is 12.9. The third-order valence-electron chi connectivity index (χ3n) is 3.02. The number of pyridine rings is 1. The Hall–Kier alpha value is -1.32. The lowest BCUT2D eigenvalue weighted by molar-refractivity contribution is 0.228. The van der Waals surface area contributed by atoms with Gasteiger partial charge in [-0.1, -0.05) is 6.07 Å². The van der Waals surface area contributed by atoms with Crippen LogP contribution in [-0.4, -0.2) is 23.0 Å². The van der Waals surface area contributed by atoms with Crippen LogP contribution in [0.3, 0.4) is 0 Å². The molecule has 2 aromatic rings. The van der Waals surface area contributed by atoms with Crippen molar-refractivity contribution in [1.29, 1.82) is 0 Å². The predicted octanol–water partition coefficient (Wildman–Crippen LogP) is 3.39. The van der Waals surface area contributed by atoms with Crippen molar-refractivity contribution in [1.82, 2.24) is 9.88 Å². The number of nitrogens with zero attached hydrogens (tertiary/aromatic N) is 2. The third-order valence-corrected chi connectivity index (χ3v) is 3.22. The average molecular weight is 265 g/mol. The van der Waals surface area contributed by atoms with Gasteiger partial charge >= 0.3 is 0 Å². The van der Waals surface area contributed by atoms with Gasteiger partial charge in [-0.25, -0.2) is 0 Å². The van der Waals surface area contributed by atoms with E-state index in [4.69, 9.17) is 16.0 Å². The van der Waals surface area contributed by atoms with Gasteiger partial charge in [-0.3, -0.25) is 9.88 Å². The highest BCUT2D eigenvalue weighted by atomic mass is 35.5. The van der Waals surface area contributed by atoms with Gasteiger partial charge in [-0.2, -0.15) is 0 Å². The second kappa shape index (κ2) is 6.03. The molecule has 0 bridgehead atoms. The smallest absolute Gasteiger partial charge is 0.193 e. The van der Waals surface area contributed by atoms with Crippen LogP contribution in [0.5, 0.6) is 0 Å². The maximum Gasteiger partial charge on any atom is 0.193 e. The van der Waals surface area contributed by atoms with E-state index < -0.39 is 0 Å². The Morgan fingerprint density at radius 1 is 1.33 bits per heavy atom. The van der Waals surface area contributed by atoms with E-state index in [1.807, 2.05) is 30.5 Å². The summed E-state index contributed by atoms with van der Waals surface area (Å²) in [4.78, 5) is 6.57. The maximum absolute atomic E-state index is 5.76. The van der Waals surface area contributed by atoms with Gasteiger partial charge in [0.15, 0.2) is 5.22 Å². The van der Waals surface area contributed by atoms with Crippen molar-refractivity contribution in [3.63, 3.8) is 0 Å². The molecule has 0 aromatic carbocycles. The molecule has 0 aliphatic heterocycles. The molecule has 0 amide bonds. The van der Waals surface area contributed by atoms with Gasteiger partial charge in [-0.05, 0) is 49.8 Å². The Balaban J connectivity index is 1.90. The minimum Gasteiger partial charge on any atom is -0.448 e. The molecule has 0 aliphatic carbocycles. The SMILES string of the molecule is C[C@@H](Cc1ccccn1)N(C)Cc1ccc(Cl)o1. The van der Waals surface area contributed by atoms with Gasteiger partial charge in [0.25, 0.3) is 0 Å². The number of likely N-dealkylation sites (N-methyl/N-ethyl adjacent to an activating group) is 1. The first-order valence-electron chi connectivity index (χ1n) is 5.99. The highest BCUT2D eigenvalue weighted by molar-refractivity contribution is 6.28. The van der Waals surface area contributed by atoms with E-state index in [9.17, 15) is 0 Å². The Labute approximate surface area is 112 Å². The predicted molar refractivity (Wildman–Crippen MR) is 72.6 cm³/mol. The van der Waals surface area contributed by atoms with Gasteiger partial charge in [0, 0.05) is 24.4 Å². The fourth-order valence-corrected chi connectivity index (χ4v) is 1.98. The number of aromatic nitrogens is 1. The Kier molecular flexibility index (Phi) is 4.39. The summed E-state index contributed by atoms with van der Waals surface area (Å²) in [5.41, 5.74) is 1.11. The van der Waals surface area contributed by atoms with E-state index in [-0.39, 0.29) is 0 Å². The van der Waals surface area contributed by atoms with E-state index in [2.05, 4.69) is 23.9 Å². The summed E-state index contributed by atoms with van der Waals surface area (Å²) in [6, 6.07) is 10.1. The van der Waals surface area contributed by atoms with Gasteiger partial charge in [0.2, 0.25) is 0 Å². The van der Waals surface area contributed by atoms with Crippen LogP contribution in [0.4, 0.5) is 0 Å². The molecule has 1 atom stereocenters. The molecule has 0 saturated heterocycles. The van der Waals surface area contributed by atoms with Gasteiger partial charge < -0.3 is 4.42 Å². The Morgan fingerprint density at radius 3 is 2.78 bits per heavy atom. The zero-order valence-electron chi connectivity index (χ0n) is 10.6.